The minimum Gasteiger partial charge on any atom is -0.398 e. The first kappa shape index (κ1) is 15.8. The van der Waals surface area contributed by atoms with Gasteiger partial charge in [-0.25, -0.2) is 0 Å². The molecule has 1 aromatic carbocycles. The molecule has 0 bridgehead atoms. The molecule has 1 aliphatic heterocycles. The SMILES string of the molecule is CC(C)C1CCCN(Cc2ccc(C(N)=O)cc2N)CC1. The lowest BCUT2D eigenvalue weighted by Gasteiger charge is -2.22. The van der Waals surface area contributed by atoms with Crippen molar-refractivity contribution in [3.05, 3.63) is 29.3 Å². The summed E-state index contributed by atoms with van der Waals surface area (Å²) in [5.74, 6) is 1.18. The molecule has 0 radical (unpaired) electrons. The number of benzene rings is 1. The monoisotopic (exact) mass is 289 g/mol. The molecule has 1 fully saturated rings. The minimum absolute atomic E-state index is 0.428. The van der Waals surface area contributed by atoms with E-state index in [0.29, 0.717) is 11.3 Å². The van der Waals surface area contributed by atoms with Gasteiger partial charge in [-0.3, -0.25) is 9.69 Å². The van der Waals surface area contributed by atoms with E-state index in [2.05, 4.69) is 18.7 Å². The van der Waals surface area contributed by atoms with E-state index < -0.39 is 5.91 Å². The summed E-state index contributed by atoms with van der Waals surface area (Å²) < 4.78 is 0. The van der Waals surface area contributed by atoms with Gasteiger partial charge in [0.05, 0.1) is 0 Å². The lowest BCUT2D eigenvalue weighted by molar-refractivity contribution is 0.100. The molecule has 116 valence electrons. The Labute approximate surface area is 127 Å². The zero-order valence-electron chi connectivity index (χ0n) is 13.1. The number of amides is 1. The van der Waals surface area contributed by atoms with Crippen molar-refractivity contribution in [3.8, 4) is 0 Å². The van der Waals surface area contributed by atoms with Gasteiger partial charge in [-0.1, -0.05) is 19.9 Å². The van der Waals surface area contributed by atoms with Crippen molar-refractivity contribution < 1.29 is 4.79 Å². The Hall–Kier alpha value is -1.55. The summed E-state index contributed by atoms with van der Waals surface area (Å²) in [5.41, 5.74) is 13.6. The number of hydrogen-bond donors (Lipinski definition) is 2. The van der Waals surface area contributed by atoms with Gasteiger partial charge in [0.25, 0.3) is 0 Å². The normalized spacial score (nSPS) is 20.4. The van der Waals surface area contributed by atoms with Crippen molar-refractivity contribution in [1.82, 2.24) is 4.90 Å². The lowest BCUT2D eigenvalue weighted by Crippen LogP contribution is -2.25. The van der Waals surface area contributed by atoms with Crippen LogP contribution in [0.3, 0.4) is 0 Å². The highest BCUT2D eigenvalue weighted by molar-refractivity contribution is 5.93. The number of nitrogens with zero attached hydrogens (tertiary/aromatic N) is 1. The maximum Gasteiger partial charge on any atom is 0.248 e. The van der Waals surface area contributed by atoms with Crippen molar-refractivity contribution in [2.24, 2.45) is 17.6 Å². The van der Waals surface area contributed by atoms with Gasteiger partial charge in [-0.15, -0.1) is 0 Å². The summed E-state index contributed by atoms with van der Waals surface area (Å²) in [6, 6.07) is 5.38. The van der Waals surface area contributed by atoms with E-state index in [1.54, 1.807) is 12.1 Å². The molecule has 1 aliphatic rings. The lowest BCUT2D eigenvalue weighted by atomic mass is 9.89. The van der Waals surface area contributed by atoms with E-state index in [0.717, 1.165) is 37.0 Å². The van der Waals surface area contributed by atoms with Crippen LogP contribution in [0, 0.1) is 11.8 Å². The molecule has 0 aromatic heterocycles. The zero-order chi connectivity index (χ0) is 15.4. The fourth-order valence-electron chi connectivity index (χ4n) is 3.14. The quantitative estimate of drug-likeness (QED) is 0.837. The molecule has 1 saturated heterocycles. The standard InChI is InChI=1S/C17H27N3O/c1-12(2)13-4-3-8-20(9-7-13)11-15-6-5-14(17(19)21)10-16(15)18/h5-6,10,12-13H,3-4,7-9,11,18H2,1-2H3,(H2,19,21). The molecule has 1 heterocycles. The van der Waals surface area contributed by atoms with Gasteiger partial charge < -0.3 is 11.5 Å². The van der Waals surface area contributed by atoms with Gasteiger partial charge in [0, 0.05) is 17.8 Å². The number of carbonyl (C=O) groups excluding carboxylic acids is 1. The third-order valence-electron chi connectivity index (χ3n) is 4.63. The molecule has 1 unspecified atom stereocenters. The van der Waals surface area contributed by atoms with Crippen LogP contribution in [-0.4, -0.2) is 23.9 Å². The highest BCUT2D eigenvalue weighted by Gasteiger charge is 2.20. The molecule has 1 aromatic rings. The fraction of sp³-hybridized carbons (Fsp3) is 0.588. The van der Waals surface area contributed by atoms with Gasteiger partial charge in [0.15, 0.2) is 0 Å². The van der Waals surface area contributed by atoms with Crippen LogP contribution < -0.4 is 11.5 Å². The van der Waals surface area contributed by atoms with Crippen molar-refractivity contribution in [2.45, 2.75) is 39.7 Å². The Bertz CT molecular complexity index is 499. The van der Waals surface area contributed by atoms with E-state index in [1.165, 1.54) is 19.3 Å². The number of likely N-dealkylation sites (tertiary alicyclic amines) is 1. The number of rotatable bonds is 4. The molecule has 4 nitrogen and oxygen atoms in total. The maximum absolute atomic E-state index is 11.2. The first-order valence-electron chi connectivity index (χ1n) is 7.88. The summed E-state index contributed by atoms with van der Waals surface area (Å²) >= 11 is 0. The predicted octanol–water partition coefficient (Wildman–Crippen LogP) is 2.63. The maximum atomic E-state index is 11.2. The predicted molar refractivity (Wildman–Crippen MR) is 86.8 cm³/mol. The van der Waals surface area contributed by atoms with Gasteiger partial charge in [0.1, 0.15) is 0 Å². The van der Waals surface area contributed by atoms with Crippen molar-refractivity contribution in [3.63, 3.8) is 0 Å². The van der Waals surface area contributed by atoms with Crippen LogP contribution in [0.4, 0.5) is 5.69 Å². The average Bonchev–Trinajstić information content (AvgIpc) is 2.66. The molecule has 0 aliphatic carbocycles. The molecule has 0 saturated carbocycles. The number of carbonyl (C=O) groups is 1. The van der Waals surface area contributed by atoms with E-state index >= 15 is 0 Å². The number of nitrogens with two attached hydrogens (primary N) is 2. The summed E-state index contributed by atoms with van der Waals surface area (Å²) in [5, 5.41) is 0. The molecular weight excluding hydrogens is 262 g/mol. The second-order valence-electron chi connectivity index (χ2n) is 6.49. The van der Waals surface area contributed by atoms with Gasteiger partial charge >= 0.3 is 0 Å². The number of nitrogen functional groups attached to an aromatic ring is 1. The summed E-state index contributed by atoms with van der Waals surface area (Å²) in [6.45, 7) is 7.75. The summed E-state index contributed by atoms with van der Waals surface area (Å²) in [7, 11) is 0. The van der Waals surface area contributed by atoms with Crippen LogP contribution in [0.2, 0.25) is 0 Å². The highest BCUT2D eigenvalue weighted by atomic mass is 16.1. The van der Waals surface area contributed by atoms with Crippen molar-refractivity contribution in [2.75, 3.05) is 18.8 Å². The van der Waals surface area contributed by atoms with Crippen LogP contribution in [0.5, 0.6) is 0 Å². The van der Waals surface area contributed by atoms with Crippen molar-refractivity contribution >= 4 is 11.6 Å². The Morgan fingerprint density at radius 1 is 1.33 bits per heavy atom. The molecule has 1 atom stereocenters. The van der Waals surface area contributed by atoms with Crippen LogP contribution in [-0.2, 0) is 6.54 Å². The van der Waals surface area contributed by atoms with Crippen LogP contribution in [0.1, 0.15) is 49.0 Å². The summed E-state index contributed by atoms with van der Waals surface area (Å²) in [4.78, 5) is 13.6. The molecule has 21 heavy (non-hydrogen) atoms. The number of primary amides is 1. The second-order valence-corrected chi connectivity index (χ2v) is 6.49. The van der Waals surface area contributed by atoms with E-state index in [9.17, 15) is 4.79 Å². The minimum atomic E-state index is -0.428. The Kier molecular flexibility index (Phi) is 5.23. The fourth-order valence-corrected chi connectivity index (χ4v) is 3.14. The molecule has 1 amide bonds. The van der Waals surface area contributed by atoms with Gasteiger partial charge in [-0.2, -0.15) is 0 Å². The number of anilines is 1. The number of hydrogen-bond acceptors (Lipinski definition) is 3. The largest absolute Gasteiger partial charge is 0.398 e. The van der Waals surface area contributed by atoms with Crippen molar-refractivity contribution in [1.29, 1.82) is 0 Å². The Morgan fingerprint density at radius 3 is 2.71 bits per heavy atom. The van der Waals surface area contributed by atoms with Crippen LogP contribution in [0.25, 0.3) is 0 Å². The van der Waals surface area contributed by atoms with Gasteiger partial charge in [-0.05, 0) is 61.9 Å². The van der Waals surface area contributed by atoms with E-state index in [-0.39, 0.29) is 0 Å². The molecular formula is C17H27N3O. The first-order chi connectivity index (χ1) is 9.97. The van der Waals surface area contributed by atoms with E-state index in [4.69, 9.17) is 11.5 Å². The van der Waals surface area contributed by atoms with Gasteiger partial charge in [0.2, 0.25) is 5.91 Å². The molecule has 0 spiro atoms. The Morgan fingerprint density at radius 2 is 2.10 bits per heavy atom. The zero-order valence-corrected chi connectivity index (χ0v) is 13.1. The molecule has 4 N–H and O–H groups in total. The third kappa shape index (κ3) is 4.21. The molecule has 4 heteroatoms. The highest BCUT2D eigenvalue weighted by Crippen LogP contribution is 2.26. The smallest absolute Gasteiger partial charge is 0.248 e. The Balaban J connectivity index is 2.00. The first-order valence-corrected chi connectivity index (χ1v) is 7.88. The van der Waals surface area contributed by atoms with E-state index in [1.807, 2.05) is 6.07 Å². The average molecular weight is 289 g/mol. The second kappa shape index (κ2) is 6.94. The topological polar surface area (TPSA) is 72.3 Å². The summed E-state index contributed by atoms with van der Waals surface area (Å²) in [6.07, 6.45) is 3.84. The van der Waals surface area contributed by atoms with Crippen LogP contribution in [0.15, 0.2) is 18.2 Å². The van der Waals surface area contributed by atoms with Crippen LogP contribution >= 0.6 is 0 Å². The third-order valence-corrected chi connectivity index (χ3v) is 4.63. The molecule has 2 rings (SSSR count).